The van der Waals surface area contributed by atoms with Crippen LogP contribution in [0.25, 0.3) is 0 Å². The molecular formula is C17H27N3O. The second kappa shape index (κ2) is 5.84. The monoisotopic (exact) mass is 289 g/mol. The quantitative estimate of drug-likeness (QED) is 0.898. The number of hydrogen-bond donors (Lipinski definition) is 2. The van der Waals surface area contributed by atoms with E-state index in [2.05, 4.69) is 35.2 Å². The summed E-state index contributed by atoms with van der Waals surface area (Å²) < 4.78 is 2.18. The van der Waals surface area contributed by atoms with Crippen molar-refractivity contribution in [3.8, 4) is 0 Å². The Kier molecular flexibility index (Phi) is 4.07. The summed E-state index contributed by atoms with van der Waals surface area (Å²) in [4.78, 5) is 12.6. The third-order valence-electron chi connectivity index (χ3n) is 5.02. The Morgan fingerprint density at radius 2 is 2.10 bits per heavy atom. The van der Waals surface area contributed by atoms with Crippen LogP contribution in [0.3, 0.4) is 0 Å². The average Bonchev–Trinajstić information content (AvgIpc) is 3.06. The van der Waals surface area contributed by atoms with Crippen molar-refractivity contribution < 1.29 is 4.79 Å². The number of aromatic nitrogens is 1. The van der Waals surface area contributed by atoms with Crippen LogP contribution in [0.2, 0.25) is 0 Å². The van der Waals surface area contributed by atoms with Crippen LogP contribution >= 0.6 is 0 Å². The van der Waals surface area contributed by atoms with Gasteiger partial charge < -0.3 is 15.2 Å². The Bertz CT molecular complexity index is 500. The highest BCUT2D eigenvalue weighted by atomic mass is 16.2. The molecule has 3 rings (SSSR count). The molecular weight excluding hydrogens is 262 g/mol. The first-order valence-corrected chi connectivity index (χ1v) is 8.24. The normalized spacial score (nSPS) is 25.9. The smallest absolute Gasteiger partial charge is 0.268 e. The number of piperidine rings is 1. The molecule has 1 aliphatic heterocycles. The van der Waals surface area contributed by atoms with Crippen molar-refractivity contribution in [2.24, 2.45) is 5.41 Å². The Balaban J connectivity index is 1.66. The third kappa shape index (κ3) is 3.31. The molecule has 0 radical (unpaired) electrons. The Morgan fingerprint density at radius 3 is 2.76 bits per heavy atom. The standard InChI is InChI=1S/C17H27N3O/c1-17(2)8-5-13(12-17)19-16(21)15-4-3-11-20(15)14-6-9-18-10-7-14/h3-4,11,13-14,18H,5-10,12H2,1-2H3,(H,19,21). The summed E-state index contributed by atoms with van der Waals surface area (Å²) in [6.07, 6.45) is 7.66. The zero-order valence-corrected chi connectivity index (χ0v) is 13.2. The molecule has 0 bridgehead atoms. The van der Waals surface area contributed by atoms with E-state index < -0.39 is 0 Å². The van der Waals surface area contributed by atoms with Crippen LogP contribution in [0.5, 0.6) is 0 Å². The van der Waals surface area contributed by atoms with Crippen molar-refractivity contribution >= 4 is 5.91 Å². The second-order valence-corrected chi connectivity index (χ2v) is 7.36. The maximum Gasteiger partial charge on any atom is 0.268 e. The van der Waals surface area contributed by atoms with Gasteiger partial charge in [-0.2, -0.15) is 0 Å². The Morgan fingerprint density at radius 1 is 1.33 bits per heavy atom. The molecule has 4 nitrogen and oxygen atoms in total. The van der Waals surface area contributed by atoms with Crippen molar-refractivity contribution in [1.29, 1.82) is 0 Å². The van der Waals surface area contributed by atoms with E-state index in [4.69, 9.17) is 0 Å². The first-order valence-electron chi connectivity index (χ1n) is 8.24. The number of nitrogens with one attached hydrogen (secondary N) is 2. The van der Waals surface area contributed by atoms with Crippen LogP contribution in [0.4, 0.5) is 0 Å². The van der Waals surface area contributed by atoms with Crippen LogP contribution in [0, 0.1) is 5.41 Å². The topological polar surface area (TPSA) is 46.1 Å². The van der Waals surface area contributed by atoms with Gasteiger partial charge in [0, 0.05) is 18.3 Å². The number of carbonyl (C=O) groups excluding carboxylic acids is 1. The van der Waals surface area contributed by atoms with E-state index in [-0.39, 0.29) is 5.91 Å². The number of rotatable bonds is 3. The lowest BCUT2D eigenvalue weighted by molar-refractivity contribution is 0.0923. The molecule has 1 atom stereocenters. The Labute approximate surface area is 127 Å². The van der Waals surface area contributed by atoms with E-state index in [1.165, 1.54) is 6.42 Å². The van der Waals surface area contributed by atoms with Crippen LogP contribution < -0.4 is 10.6 Å². The molecule has 1 aromatic heterocycles. The van der Waals surface area contributed by atoms with Gasteiger partial charge in [-0.3, -0.25) is 4.79 Å². The molecule has 0 aromatic carbocycles. The highest BCUT2D eigenvalue weighted by Crippen LogP contribution is 2.37. The van der Waals surface area contributed by atoms with E-state index >= 15 is 0 Å². The van der Waals surface area contributed by atoms with Gasteiger partial charge in [0.2, 0.25) is 0 Å². The summed E-state index contributed by atoms with van der Waals surface area (Å²) >= 11 is 0. The molecule has 116 valence electrons. The first kappa shape index (κ1) is 14.6. The number of hydrogen-bond acceptors (Lipinski definition) is 2. The van der Waals surface area contributed by atoms with Gasteiger partial charge in [-0.05, 0) is 62.7 Å². The van der Waals surface area contributed by atoms with E-state index in [9.17, 15) is 4.79 Å². The fourth-order valence-electron chi connectivity index (χ4n) is 3.81. The minimum Gasteiger partial charge on any atom is -0.348 e. The maximum atomic E-state index is 12.6. The van der Waals surface area contributed by atoms with Gasteiger partial charge in [0.1, 0.15) is 5.69 Å². The highest BCUT2D eigenvalue weighted by Gasteiger charge is 2.32. The van der Waals surface area contributed by atoms with Gasteiger partial charge in [-0.1, -0.05) is 13.8 Å². The minimum absolute atomic E-state index is 0.0984. The molecule has 1 saturated carbocycles. The van der Waals surface area contributed by atoms with Gasteiger partial charge in [0.15, 0.2) is 0 Å². The van der Waals surface area contributed by atoms with Crippen molar-refractivity contribution in [2.75, 3.05) is 13.1 Å². The summed E-state index contributed by atoms with van der Waals surface area (Å²) in [5, 5.41) is 6.62. The van der Waals surface area contributed by atoms with Crippen molar-refractivity contribution in [3.05, 3.63) is 24.0 Å². The molecule has 2 heterocycles. The van der Waals surface area contributed by atoms with Crippen LogP contribution in [-0.4, -0.2) is 29.6 Å². The molecule has 21 heavy (non-hydrogen) atoms. The molecule has 1 unspecified atom stereocenters. The van der Waals surface area contributed by atoms with Crippen LogP contribution in [0.1, 0.15) is 62.5 Å². The van der Waals surface area contributed by atoms with Crippen LogP contribution in [-0.2, 0) is 0 Å². The SMILES string of the molecule is CC1(C)CCC(NC(=O)c2cccn2C2CCNCC2)C1. The van der Waals surface area contributed by atoms with E-state index in [0.29, 0.717) is 17.5 Å². The predicted molar refractivity (Wildman–Crippen MR) is 84.5 cm³/mol. The van der Waals surface area contributed by atoms with Gasteiger partial charge in [0.05, 0.1) is 0 Å². The summed E-state index contributed by atoms with van der Waals surface area (Å²) in [5.41, 5.74) is 1.20. The zero-order chi connectivity index (χ0) is 14.9. The van der Waals surface area contributed by atoms with E-state index in [0.717, 1.165) is 44.5 Å². The molecule has 0 spiro atoms. The molecule has 1 aromatic rings. The first-order chi connectivity index (χ1) is 10.1. The third-order valence-corrected chi connectivity index (χ3v) is 5.02. The van der Waals surface area contributed by atoms with Crippen LogP contribution in [0.15, 0.2) is 18.3 Å². The molecule has 1 aliphatic carbocycles. The Hall–Kier alpha value is -1.29. The molecule has 2 fully saturated rings. The lowest BCUT2D eigenvalue weighted by Gasteiger charge is -2.26. The van der Waals surface area contributed by atoms with Crippen molar-refractivity contribution in [1.82, 2.24) is 15.2 Å². The molecule has 2 aliphatic rings. The average molecular weight is 289 g/mol. The summed E-state index contributed by atoms with van der Waals surface area (Å²) in [6, 6.07) is 4.75. The maximum absolute atomic E-state index is 12.6. The van der Waals surface area contributed by atoms with E-state index in [1.54, 1.807) is 0 Å². The molecule has 2 N–H and O–H groups in total. The molecule has 1 amide bonds. The number of carbonyl (C=O) groups is 1. The largest absolute Gasteiger partial charge is 0.348 e. The number of amides is 1. The van der Waals surface area contributed by atoms with E-state index in [1.807, 2.05) is 12.1 Å². The summed E-state index contributed by atoms with van der Waals surface area (Å²) in [5.74, 6) is 0.0984. The lowest BCUT2D eigenvalue weighted by Crippen LogP contribution is -2.36. The van der Waals surface area contributed by atoms with Gasteiger partial charge in [0.25, 0.3) is 5.91 Å². The van der Waals surface area contributed by atoms with Gasteiger partial charge in [-0.25, -0.2) is 0 Å². The zero-order valence-electron chi connectivity index (χ0n) is 13.2. The molecule has 1 saturated heterocycles. The molecule has 4 heteroatoms. The fraction of sp³-hybridized carbons (Fsp3) is 0.706. The fourth-order valence-corrected chi connectivity index (χ4v) is 3.81. The highest BCUT2D eigenvalue weighted by molar-refractivity contribution is 5.93. The van der Waals surface area contributed by atoms with Crippen molar-refractivity contribution in [2.45, 2.75) is 58.0 Å². The predicted octanol–water partition coefficient (Wildman–Crippen LogP) is 2.72. The second-order valence-electron chi connectivity index (χ2n) is 7.36. The summed E-state index contributed by atoms with van der Waals surface area (Å²) in [7, 11) is 0. The summed E-state index contributed by atoms with van der Waals surface area (Å²) in [6.45, 7) is 6.66. The minimum atomic E-state index is 0.0984. The van der Waals surface area contributed by atoms with Gasteiger partial charge >= 0.3 is 0 Å². The number of nitrogens with zero attached hydrogens (tertiary/aromatic N) is 1. The lowest BCUT2D eigenvalue weighted by atomic mass is 9.92. The van der Waals surface area contributed by atoms with Gasteiger partial charge in [-0.15, -0.1) is 0 Å². The van der Waals surface area contributed by atoms with Crippen molar-refractivity contribution in [3.63, 3.8) is 0 Å².